The lowest BCUT2D eigenvalue weighted by molar-refractivity contribution is 0.131. The summed E-state index contributed by atoms with van der Waals surface area (Å²) in [4.78, 5) is 12.5. The Hall–Kier alpha value is -2.12. The minimum Gasteiger partial charge on any atom is -0.465 e. The van der Waals surface area contributed by atoms with Crippen LogP contribution < -0.4 is 0 Å². The number of piperidine rings is 1. The zero-order valence-electron chi connectivity index (χ0n) is 13.4. The number of halogens is 1. The molecule has 1 fully saturated rings. The lowest BCUT2D eigenvalue weighted by atomic mass is 9.96. The maximum atomic E-state index is 11.1. The number of carbonyl (C=O) groups is 1. The van der Waals surface area contributed by atoms with Gasteiger partial charge in [-0.05, 0) is 37.1 Å². The van der Waals surface area contributed by atoms with Crippen LogP contribution >= 0.6 is 11.6 Å². The van der Waals surface area contributed by atoms with Crippen molar-refractivity contribution in [3.8, 4) is 5.69 Å². The van der Waals surface area contributed by atoms with Gasteiger partial charge in [-0.25, -0.2) is 4.79 Å². The molecule has 1 aromatic heterocycles. The van der Waals surface area contributed by atoms with Gasteiger partial charge in [-0.1, -0.05) is 11.6 Å². The average molecular weight is 351 g/mol. The molecule has 0 saturated carbocycles. The van der Waals surface area contributed by atoms with Crippen molar-refractivity contribution < 1.29 is 14.6 Å². The van der Waals surface area contributed by atoms with Crippen LogP contribution in [0.5, 0.6) is 0 Å². The maximum Gasteiger partial charge on any atom is 0.407 e. The second-order valence-corrected chi connectivity index (χ2v) is 6.20. The largest absolute Gasteiger partial charge is 0.465 e. The van der Waals surface area contributed by atoms with Crippen LogP contribution in [0.1, 0.15) is 30.4 Å². The fourth-order valence-corrected chi connectivity index (χ4v) is 3.14. The Morgan fingerprint density at radius 2 is 1.96 bits per heavy atom. The van der Waals surface area contributed by atoms with E-state index in [0.29, 0.717) is 24.7 Å². The van der Waals surface area contributed by atoms with E-state index in [-0.39, 0.29) is 5.92 Å². The van der Waals surface area contributed by atoms with Gasteiger partial charge in [-0.2, -0.15) is 0 Å². The van der Waals surface area contributed by atoms with Crippen LogP contribution in [0.25, 0.3) is 5.69 Å². The summed E-state index contributed by atoms with van der Waals surface area (Å²) in [7, 11) is 1.62. The summed E-state index contributed by atoms with van der Waals surface area (Å²) < 4.78 is 7.21. The van der Waals surface area contributed by atoms with E-state index >= 15 is 0 Å². The number of hydrogen-bond donors (Lipinski definition) is 1. The Morgan fingerprint density at radius 1 is 1.29 bits per heavy atom. The minimum absolute atomic E-state index is 0.161. The van der Waals surface area contributed by atoms with Gasteiger partial charge in [0, 0.05) is 36.8 Å². The molecule has 0 atom stereocenters. The molecule has 1 aliphatic heterocycles. The van der Waals surface area contributed by atoms with Gasteiger partial charge in [0.2, 0.25) is 0 Å². The SMILES string of the molecule is COCc1nnc(C2CCN(C(=O)O)CC2)n1-c1ccc(Cl)cc1. The summed E-state index contributed by atoms with van der Waals surface area (Å²) in [6.07, 6.45) is 0.586. The highest BCUT2D eigenvalue weighted by Crippen LogP contribution is 2.29. The van der Waals surface area contributed by atoms with Gasteiger partial charge in [0.25, 0.3) is 0 Å². The van der Waals surface area contributed by atoms with E-state index in [2.05, 4.69) is 10.2 Å². The molecule has 0 spiro atoms. The highest BCUT2D eigenvalue weighted by molar-refractivity contribution is 6.30. The molecule has 1 aromatic carbocycles. The smallest absolute Gasteiger partial charge is 0.407 e. The highest BCUT2D eigenvalue weighted by atomic mass is 35.5. The van der Waals surface area contributed by atoms with E-state index in [0.717, 1.165) is 30.2 Å². The van der Waals surface area contributed by atoms with Crippen LogP contribution in [0.15, 0.2) is 24.3 Å². The molecule has 2 heterocycles. The summed E-state index contributed by atoms with van der Waals surface area (Å²) in [5.41, 5.74) is 0.923. The van der Waals surface area contributed by atoms with E-state index < -0.39 is 6.09 Å². The van der Waals surface area contributed by atoms with E-state index in [1.807, 2.05) is 28.8 Å². The van der Waals surface area contributed by atoms with Crippen molar-refractivity contribution in [3.63, 3.8) is 0 Å². The van der Waals surface area contributed by atoms with Gasteiger partial charge in [-0.15, -0.1) is 10.2 Å². The van der Waals surface area contributed by atoms with Crippen LogP contribution in [0.2, 0.25) is 5.02 Å². The molecular formula is C16H19ClN4O3. The lowest BCUT2D eigenvalue weighted by Gasteiger charge is -2.29. The molecule has 2 aromatic rings. The van der Waals surface area contributed by atoms with E-state index in [4.69, 9.17) is 21.4 Å². The zero-order valence-corrected chi connectivity index (χ0v) is 14.1. The molecule has 8 heteroatoms. The fraction of sp³-hybridized carbons (Fsp3) is 0.438. The third kappa shape index (κ3) is 3.37. The molecule has 24 heavy (non-hydrogen) atoms. The molecule has 0 radical (unpaired) electrons. The summed E-state index contributed by atoms with van der Waals surface area (Å²) in [6, 6.07) is 7.48. The van der Waals surface area contributed by atoms with Gasteiger partial charge in [0.1, 0.15) is 12.4 Å². The Labute approximate surface area is 144 Å². The van der Waals surface area contributed by atoms with E-state index in [9.17, 15) is 4.79 Å². The van der Waals surface area contributed by atoms with Crippen molar-refractivity contribution in [3.05, 3.63) is 40.9 Å². The molecule has 0 bridgehead atoms. The molecule has 1 saturated heterocycles. The second kappa shape index (κ2) is 7.19. The van der Waals surface area contributed by atoms with E-state index in [1.165, 1.54) is 4.90 Å². The molecule has 1 amide bonds. The predicted octanol–water partition coefficient (Wildman–Crippen LogP) is 2.92. The molecule has 128 valence electrons. The average Bonchev–Trinajstić information content (AvgIpc) is 3.00. The zero-order chi connectivity index (χ0) is 17.1. The number of rotatable bonds is 4. The first kappa shape index (κ1) is 16.7. The van der Waals surface area contributed by atoms with Crippen molar-refractivity contribution >= 4 is 17.7 Å². The Morgan fingerprint density at radius 3 is 2.54 bits per heavy atom. The predicted molar refractivity (Wildman–Crippen MR) is 88.7 cm³/mol. The number of benzene rings is 1. The number of hydrogen-bond acceptors (Lipinski definition) is 4. The molecule has 0 aliphatic carbocycles. The quantitative estimate of drug-likeness (QED) is 0.917. The minimum atomic E-state index is -0.868. The second-order valence-electron chi connectivity index (χ2n) is 5.76. The standard InChI is InChI=1S/C16H19ClN4O3/c1-24-10-14-18-19-15(11-6-8-20(9-7-11)16(22)23)21(14)13-4-2-12(17)3-5-13/h2-5,11H,6-10H2,1H3,(H,22,23). The monoisotopic (exact) mass is 350 g/mol. The summed E-state index contributed by atoms with van der Waals surface area (Å²) in [5, 5.41) is 18.4. The molecule has 7 nitrogen and oxygen atoms in total. The first-order valence-corrected chi connectivity index (χ1v) is 8.15. The number of amides is 1. The first-order valence-electron chi connectivity index (χ1n) is 7.77. The molecule has 1 N–H and O–H groups in total. The number of aromatic nitrogens is 3. The van der Waals surface area contributed by atoms with Crippen LogP contribution in [0.3, 0.4) is 0 Å². The van der Waals surface area contributed by atoms with Gasteiger partial charge >= 0.3 is 6.09 Å². The Kier molecular flexibility index (Phi) is 5.01. The normalized spacial score (nSPS) is 15.7. The number of carboxylic acid groups (broad SMARTS) is 1. The van der Waals surface area contributed by atoms with E-state index in [1.54, 1.807) is 7.11 Å². The number of likely N-dealkylation sites (tertiary alicyclic amines) is 1. The van der Waals surface area contributed by atoms with Crippen molar-refractivity contribution in [1.29, 1.82) is 0 Å². The highest BCUT2D eigenvalue weighted by Gasteiger charge is 2.28. The number of ether oxygens (including phenoxy) is 1. The van der Waals surface area contributed by atoms with Gasteiger partial charge in [0.05, 0.1) is 0 Å². The van der Waals surface area contributed by atoms with Crippen LogP contribution in [-0.2, 0) is 11.3 Å². The lowest BCUT2D eigenvalue weighted by Crippen LogP contribution is -2.37. The Balaban J connectivity index is 1.91. The summed E-state index contributed by atoms with van der Waals surface area (Å²) in [5.74, 6) is 1.72. The summed E-state index contributed by atoms with van der Waals surface area (Å²) >= 11 is 5.98. The van der Waals surface area contributed by atoms with Crippen molar-refractivity contribution in [1.82, 2.24) is 19.7 Å². The topological polar surface area (TPSA) is 80.5 Å². The van der Waals surface area contributed by atoms with Crippen molar-refractivity contribution in [2.75, 3.05) is 20.2 Å². The molecule has 3 rings (SSSR count). The third-order valence-corrected chi connectivity index (χ3v) is 4.50. The third-order valence-electron chi connectivity index (χ3n) is 4.24. The number of methoxy groups -OCH3 is 1. The fourth-order valence-electron chi connectivity index (χ4n) is 3.02. The van der Waals surface area contributed by atoms with Crippen LogP contribution in [-0.4, -0.2) is 51.1 Å². The Bertz CT molecular complexity index is 709. The molecule has 1 aliphatic rings. The van der Waals surface area contributed by atoms with Crippen molar-refractivity contribution in [2.24, 2.45) is 0 Å². The first-order chi connectivity index (χ1) is 11.6. The molecular weight excluding hydrogens is 332 g/mol. The number of nitrogens with zero attached hydrogens (tertiary/aromatic N) is 4. The van der Waals surface area contributed by atoms with Gasteiger partial charge in [0.15, 0.2) is 5.82 Å². The van der Waals surface area contributed by atoms with Gasteiger partial charge in [-0.3, -0.25) is 4.57 Å². The molecule has 0 unspecified atom stereocenters. The van der Waals surface area contributed by atoms with Crippen molar-refractivity contribution in [2.45, 2.75) is 25.4 Å². The van der Waals surface area contributed by atoms with Crippen LogP contribution in [0, 0.1) is 0 Å². The van der Waals surface area contributed by atoms with Gasteiger partial charge < -0.3 is 14.7 Å². The maximum absolute atomic E-state index is 11.1. The summed E-state index contributed by atoms with van der Waals surface area (Å²) in [6.45, 7) is 1.36. The van der Waals surface area contributed by atoms with Crippen LogP contribution in [0.4, 0.5) is 4.79 Å².